The number of amidine groups is 1. The maximum absolute atomic E-state index is 5.94. The summed E-state index contributed by atoms with van der Waals surface area (Å²) in [4.78, 5) is 8.48. The van der Waals surface area contributed by atoms with Crippen LogP contribution in [0, 0.1) is 13.8 Å². The number of aliphatic imine (C=N–C) groups is 2. The molecule has 0 spiro atoms. The van der Waals surface area contributed by atoms with Gasteiger partial charge in [-0.25, -0.2) is 4.99 Å². The summed E-state index contributed by atoms with van der Waals surface area (Å²) >= 11 is 0. The molecule has 0 saturated carbocycles. The highest BCUT2D eigenvalue weighted by molar-refractivity contribution is 5.99. The zero-order valence-corrected chi connectivity index (χ0v) is 10.1. The van der Waals surface area contributed by atoms with Gasteiger partial charge in [-0.05, 0) is 37.1 Å². The molecule has 2 rings (SSSR count). The van der Waals surface area contributed by atoms with Crippen molar-refractivity contribution in [3.8, 4) is 0 Å². The molecule has 3 N–H and O–H groups in total. The summed E-state index contributed by atoms with van der Waals surface area (Å²) in [5.41, 5.74) is 10.2. The molecule has 0 amide bonds. The number of nitrogens with one attached hydrogen (secondary N) is 1. The van der Waals surface area contributed by atoms with Crippen molar-refractivity contribution >= 4 is 17.9 Å². The molecule has 1 aromatic rings. The zero-order valence-electron chi connectivity index (χ0n) is 10.1. The highest BCUT2D eigenvalue weighted by Gasteiger charge is 2.05. The third-order valence-electron chi connectivity index (χ3n) is 2.75. The maximum Gasteiger partial charge on any atom is 0.130 e. The van der Waals surface area contributed by atoms with E-state index >= 15 is 0 Å². The summed E-state index contributed by atoms with van der Waals surface area (Å²) in [7, 11) is 0. The third kappa shape index (κ3) is 2.72. The summed E-state index contributed by atoms with van der Waals surface area (Å²) < 4.78 is 0. The first kappa shape index (κ1) is 11.4. The Balaban J connectivity index is 2.23. The van der Waals surface area contributed by atoms with Gasteiger partial charge in [0.2, 0.25) is 0 Å². The number of hydrogen-bond donors (Lipinski definition) is 2. The first-order valence-corrected chi connectivity index (χ1v) is 5.52. The van der Waals surface area contributed by atoms with E-state index in [4.69, 9.17) is 5.73 Å². The van der Waals surface area contributed by atoms with Gasteiger partial charge in [0.15, 0.2) is 0 Å². The Kier molecular flexibility index (Phi) is 3.23. The molecule has 0 aliphatic carbocycles. The maximum atomic E-state index is 5.94. The quantitative estimate of drug-likeness (QED) is 0.599. The molecular formula is C13H16N4. The molecule has 0 unspecified atom stereocenters. The Morgan fingerprint density at radius 1 is 1.35 bits per heavy atom. The van der Waals surface area contributed by atoms with E-state index in [1.54, 1.807) is 6.34 Å². The molecule has 1 heterocycles. The van der Waals surface area contributed by atoms with Crippen molar-refractivity contribution in [2.75, 3.05) is 6.54 Å². The van der Waals surface area contributed by atoms with E-state index in [0.717, 1.165) is 11.3 Å². The van der Waals surface area contributed by atoms with Crippen molar-refractivity contribution in [2.45, 2.75) is 13.8 Å². The van der Waals surface area contributed by atoms with E-state index in [0.29, 0.717) is 12.4 Å². The lowest BCUT2D eigenvalue weighted by molar-refractivity contribution is 1.09. The predicted molar refractivity (Wildman–Crippen MR) is 71.8 cm³/mol. The number of rotatable bonds is 2. The Hall–Kier alpha value is -2.10. The van der Waals surface area contributed by atoms with E-state index in [9.17, 15) is 0 Å². The van der Waals surface area contributed by atoms with Gasteiger partial charge in [0.25, 0.3) is 0 Å². The molecule has 1 aromatic carbocycles. The van der Waals surface area contributed by atoms with Gasteiger partial charge in [0.05, 0.1) is 18.6 Å². The fourth-order valence-electron chi connectivity index (χ4n) is 1.54. The van der Waals surface area contributed by atoms with E-state index in [1.165, 1.54) is 11.1 Å². The predicted octanol–water partition coefficient (Wildman–Crippen LogP) is 1.81. The molecule has 4 nitrogen and oxygen atoms in total. The molecule has 88 valence electrons. The third-order valence-corrected chi connectivity index (χ3v) is 2.75. The summed E-state index contributed by atoms with van der Waals surface area (Å²) in [5.74, 6) is 0.512. The van der Waals surface area contributed by atoms with Crippen molar-refractivity contribution in [1.82, 2.24) is 5.32 Å². The smallest absolute Gasteiger partial charge is 0.130 e. The average Bonchev–Trinajstić information content (AvgIpc) is 2.35. The number of nitrogens with zero attached hydrogens (tertiary/aromatic N) is 2. The van der Waals surface area contributed by atoms with Crippen LogP contribution in [0.15, 0.2) is 40.0 Å². The molecule has 0 bridgehead atoms. The summed E-state index contributed by atoms with van der Waals surface area (Å²) in [5, 5.41) is 2.91. The lowest BCUT2D eigenvalue weighted by Crippen LogP contribution is -2.22. The van der Waals surface area contributed by atoms with Crippen LogP contribution in [-0.2, 0) is 0 Å². The van der Waals surface area contributed by atoms with Crippen LogP contribution < -0.4 is 11.1 Å². The zero-order chi connectivity index (χ0) is 12.3. The molecule has 0 radical (unpaired) electrons. The molecule has 0 atom stereocenters. The Morgan fingerprint density at radius 3 is 2.82 bits per heavy atom. The van der Waals surface area contributed by atoms with Crippen LogP contribution in [-0.4, -0.2) is 18.7 Å². The molecule has 4 heteroatoms. The largest absolute Gasteiger partial charge is 0.383 e. The standard InChI is InChI=1S/C13H16N4/c1-9-3-4-12(5-10(9)2)17-13(14)11-6-15-8-16-7-11/h3-6,8H,7H2,1-2H3,(H2,14,17)(H,15,16). The molecule has 0 saturated heterocycles. The van der Waals surface area contributed by atoms with E-state index < -0.39 is 0 Å². The van der Waals surface area contributed by atoms with Crippen LogP contribution in [0.1, 0.15) is 11.1 Å². The monoisotopic (exact) mass is 228 g/mol. The number of aryl methyl sites for hydroxylation is 2. The van der Waals surface area contributed by atoms with Gasteiger partial charge in [-0.2, -0.15) is 0 Å². The molecule has 0 fully saturated rings. The lowest BCUT2D eigenvalue weighted by atomic mass is 10.1. The van der Waals surface area contributed by atoms with Gasteiger partial charge >= 0.3 is 0 Å². The Bertz CT molecular complexity index is 512. The molecule has 1 aliphatic heterocycles. The lowest BCUT2D eigenvalue weighted by Gasteiger charge is -2.08. The Labute approximate surface area is 101 Å². The van der Waals surface area contributed by atoms with E-state index in [-0.39, 0.29) is 0 Å². The fraction of sp³-hybridized carbons (Fsp3) is 0.231. The van der Waals surface area contributed by atoms with Crippen molar-refractivity contribution in [3.05, 3.63) is 41.1 Å². The molecule has 0 aromatic heterocycles. The number of nitrogens with two attached hydrogens (primary N) is 1. The minimum Gasteiger partial charge on any atom is -0.383 e. The van der Waals surface area contributed by atoms with Crippen molar-refractivity contribution in [2.24, 2.45) is 15.7 Å². The van der Waals surface area contributed by atoms with Crippen molar-refractivity contribution in [3.63, 3.8) is 0 Å². The second-order valence-corrected chi connectivity index (χ2v) is 4.07. The minimum absolute atomic E-state index is 0.512. The minimum atomic E-state index is 0.512. The average molecular weight is 228 g/mol. The van der Waals surface area contributed by atoms with Gasteiger partial charge in [-0.3, -0.25) is 4.99 Å². The van der Waals surface area contributed by atoms with E-state index in [1.807, 2.05) is 24.4 Å². The number of hydrogen-bond acceptors (Lipinski definition) is 3. The Morgan fingerprint density at radius 2 is 2.18 bits per heavy atom. The van der Waals surface area contributed by atoms with Crippen LogP contribution in [0.2, 0.25) is 0 Å². The van der Waals surface area contributed by atoms with Crippen LogP contribution in [0.5, 0.6) is 0 Å². The van der Waals surface area contributed by atoms with Crippen LogP contribution >= 0.6 is 0 Å². The topological polar surface area (TPSA) is 62.8 Å². The van der Waals surface area contributed by atoms with Gasteiger partial charge < -0.3 is 11.1 Å². The fourth-order valence-corrected chi connectivity index (χ4v) is 1.54. The highest BCUT2D eigenvalue weighted by Crippen LogP contribution is 2.17. The van der Waals surface area contributed by atoms with Gasteiger partial charge in [-0.1, -0.05) is 6.07 Å². The molecule has 1 aliphatic rings. The van der Waals surface area contributed by atoms with Gasteiger partial charge in [0, 0.05) is 11.8 Å². The summed E-state index contributed by atoms with van der Waals surface area (Å²) in [6, 6.07) is 6.05. The normalized spacial score (nSPS) is 15.4. The summed E-state index contributed by atoms with van der Waals surface area (Å²) in [6.07, 6.45) is 3.47. The SMILES string of the molecule is Cc1ccc(N=C(N)C2=CNC=NC2)cc1C. The molecule has 17 heavy (non-hydrogen) atoms. The van der Waals surface area contributed by atoms with Crippen molar-refractivity contribution in [1.29, 1.82) is 0 Å². The second kappa shape index (κ2) is 4.82. The number of benzene rings is 1. The first-order valence-electron chi connectivity index (χ1n) is 5.52. The van der Waals surface area contributed by atoms with Crippen molar-refractivity contribution < 1.29 is 0 Å². The van der Waals surface area contributed by atoms with Crippen LogP contribution in [0.3, 0.4) is 0 Å². The molecular weight excluding hydrogens is 212 g/mol. The van der Waals surface area contributed by atoms with Gasteiger partial charge in [0.1, 0.15) is 5.84 Å². The highest BCUT2D eigenvalue weighted by atomic mass is 15.0. The summed E-state index contributed by atoms with van der Waals surface area (Å²) in [6.45, 7) is 4.72. The van der Waals surface area contributed by atoms with Crippen LogP contribution in [0.25, 0.3) is 0 Å². The van der Waals surface area contributed by atoms with Crippen LogP contribution in [0.4, 0.5) is 5.69 Å². The second-order valence-electron chi connectivity index (χ2n) is 4.07. The van der Waals surface area contributed by atoms with Gasteiger partial charge in [-0.15, -0.1) is 0 Å². The first-order chi connectivity index (χ1) is 8.16. The van der Waals surface area contributed by atoms with E-state index in [2.05, 4.69) is 29.1 Å².